The van der Waals surface area contributed by atoms with Crippen molar-refractivity contribution in [3.05, 3.63) is 89.0 Å². The molecule has 0 spiro atoms. The van der Waals surface area contributed by atoms with Crippen LogP contribution >= 0.6 is 0 Å². The van der Waals surface area contributed by atoms with E-state index >= 15 is 0 Å². The molecule has 29 heavy (non-hydrogen) atoms. The van der Waals surface area contributed by atoms with Gasteiger partial charge < -0.3 is 15.2 Å². The van der Waals surface area contributed by atoms with Gasteiger partial charge in [0.2, 0.25) is 0 Å². The van der Waals surface area contributed by atoms with Gasteiger partial charge >= 0.3 is 5.97 Å². The topological polar surface area (TPSA) is 58.6 Å². The fourth-order valence-corrected chi connectivity index (χ4v) is 3.48. The van der Waals surface area contributed by atoms with E-state index in [0.29, 0.717) is 0 Å². The van der Waals surface area contributed by atoms with Gasteiger partial charge in [-0.25, -0.2) is 0 Å². The van der Waals surface area contributed by atoms with Crippen molar-refractivity contribution in [3.8, 4) is 16.9 Å². The van der Waals surface area contributed by atoms with E-state index in [-0.39, 0.29) is 6.42 Å². The third-order valence-corrected chi connectivity index (χ3v) is 4.92. The first-order valence-corrected chi connectivity index (χ1v) is 9.80. The number of aliphatic carboxylic acids is 1. The fraction of sp³-hybridized carbons (Fsp3) is 0.240. The number of rotatable bonds is 9. The van der Waals surface area contributed by atoms with Crippen molar-refractivity contribution in [2.24, 2.45) is 0 Å². The molecule has 0 amide bonds. The zero-order valence-electron chi connectivity index (χ0n) is 16.9. The van der Waals surface area contributed by atoms with Gasteiger partial charge in [0.25, 0.3) is 0 Å². The summed E-state index contributed by atoms with van der Waals surface area (Å²) in [6.07, 6.45) is 0.965. The maximum Gasteiger partial charge on any atom is 0.307 e. The van der Waals surface area contributed by atoms with Gasteiger partial charge in [-0.1, -0.05) is 60.2 Å². The molecule has 4 nitrogen and oxygen atoms in total. The minimum absolute atomic E-state index is 0.00643. The Kier molecular flexibility index (Phi) is 7.04. The van der Waals surface area contributed by atoms with Crippen LogP contribution in [0.1, 0.15) is 22.3 Å². The Morgan fingerprint density at radius 1 is 0.966 bits per heavy atom. The molecular weight excluding hydrogens is 362 g/mol. The van der Waals surface area contributed by atoms with E-state index in [1.54, 1.807) is 7.11 Å². The van der Waals surface area contributed by atoms with Gasteiger partial charge in [-0.15, -0.1) is 0 Å². The third-order valence-electron chi connectivity index (χ3n) is 4.92. The zero-order chi connectivity index (χ0) is 20.6. The van der Waals surface area contributed by atoms with Crippen LogP contribution in [-0.4, -0.2) is 24.7 Å². The number of hydrogen-bond acceptors (Lipinski definition) is 3. The fourth-order valence-electron chi connectivity index (χ4n) is 3.48. The summed E-state index contributed by atoms with van der Waals surface area (Å²) in [5, 5.41) is 12.7. The summed E-state index contributed by atoms with van der Waals surface area (Å²) < 4.78 is 5.56. The predicted molar refractivity (Wildman–Crippen MR) is 116 cm³/mol. The van der Waals surface area contributed by atoms with Crippen LogP contribution in [0.2, 0.25) is 0 Å². The van der Waals surface area contributed by atoms with E-state index in [9.17, 15) is 4.79 Å². The third kappa shape index (κ3) is 5.69. The average Bonchev–Trinajstić information content (AvgIpc) is 2.72. The van der Waals surface area contributed by atoms with Gasteiger partial charge in [0.1, 0.15) is 5.75 Å². The number of nitrogens with one attached hydrogen (secondary N) is 1. The Hall–Kier alpha value is -3.11. The number of carboxylic acid groups (broad SMARTS) is 1. The zero-order valence-corrected chi connectivity index (χ0v) is 16.9. The molecule has 150 valence electrons. The molecule has 3 rings (SSSR count). The SMILES string of the molecule is COc1ccc(CC(=O)O)cc1-c1ccc(C)cc1CNCCc1ccccc1. The van der Waals surface area contributed by atoms with E-state index in [1.165, 1.54) is 16.7 Å². The van der Waals surface area contributed by atoms with E-state index in [1.807, 2.05) is 24.3 Å². The van der Waals surface area contributed by atoms with Crippen LogP contribution in [0.15, 0.2) is 66.7 Å². The normalized spacial score (nSPS) is 10.7. The van der Waals surface area contributed by atoms with Gasteiger partial charge in [0, 0.05) is 12.1 Å². The smallest absolute Gasteiger partial charge is 0.307 e. The largest absolute Gasteiger partial charge is 0.496 e. The maximum atomic E-state index is 11.1. The average molecular weight is 389 g/mol. The lowest BCUT2D eigenvalue weighted by molar-refractivity contribution is -0.136. The summed E-state index contributed by atoms with van der Waals surface area (Å²) in [6.45, 7) is 3.69. The molecular formula is C25H27NO3. The van der Waals surface area contributed by atoms with Crippen molar-refractivity contribution >= 4 is 5.97 Å². The first-order chi connectivity index (χ1) is 14.1. The van der Waals surface area contributed by atoms with Gasteiger partial charge in [0.15, 0.2) is 0 Å². The minimum Gasteiger partial charge on any atom is -0.496 e. The van der Waals surface area contributed by atoms with Crippen LogP contribution in [0.3, 0.4) is 0 Å². The first-order valence-electron chi connectivity index (χ1n) is 9.80. The number of carboxylic acids is 1. The highest BCUT2D eigenvalue weighted by atomic mass is 16.5. The molecule has 3 aromatic rings. The molecule has 0 fully saturated rings. The molecule has 0 saturated heterocycles. The molecule has 4 heteroatoms. The molecule has 0 saturated carbocycles. The lowest BCUT2D eigenvalue weighted by Gasteiger charge is -2.16. The highest BCUT2D eigenvalue weighted by Crippen LogP contribution is 2.34. The van der Waals surface area contributed by atoms with Crippen molar-refractivity contribution in [3.63, 3.8) is 0 Å². The van der Waals surface area contributed by atoms with Crippen LogP contribution in [0.25, 0.3) is 11.1 Å². The van der Waals surface area contributed by atoms with Crippen molar-refractivity contribution in [2.75, 3.05) is 13.7 Å². The number of hydrogen-bond donors (Lipinski definition) is 2. The Labute approximate surface area is 172 Å². The monoisotopic (exact) mass is 389 g/mol. The summed E-state index contributed by atoms with van der Waals surface area (Å²) in [5.74, 6) is -0.0960. The number of aryl methyl sites for hydroxylation is 1. The van der Waals surface area contributed by atoms with Crippen LogP contribution in [0.5, 0.6) is 5.75 Å². The second-order valence-corrected chi connectivity index (χ2v) is 7.18. The highest BCUT2D eigenvalue weighted by molar-refractivity contribution is 5.77. The maximum absolute atomic E-state index is 11.1. The predicted octanol–water partition coefficient (Wildman–Crippen LogP) is 4.63. The Morgan fingerprint density at radius 3 is 2.48 bits per heavy atom. The van der Waals surface area contributed by atoms with Crippen molar-refractivity contribution in [2.45, 2.75) is 26.3 Å². The van der Waals surface area contributed by atoms with Crippen molar-refractivity contribution in [1.29, 1.82) is 0 Å². The molecule has 0 aliphatic heterocycles. The first kappa shape index (κ1) is 20.6. The van der Waals surface area contributed by atoms with Gasteiger partial charge in [-0.2, -0.15) is 0 Å². The second-order valence-electron chi connectivity index (χ2n) is 7.18. The van der Waals surface area contributed by atoms with Crippen LogP contribution < -0.4 is 10.1 Å². The van der Waals surface area contributed by atoms with Crippen LogP contribution in [0.4, 0.5) is 0 Å². The van der Waals surface area contributed by atoms with Gasteiger partial charge in [0.05, 0.1) is 13.5 Å². The summed E-state index contributed by atoms with van der Waals surface area (Å²) in [6, 6.07) is 22.3. The van der Waals surface area contributed by atoms with Crippen LogP contribution in [-0.2, 0) is 24.2 Å². The Morgan fingerprint density at radius 2 is 1.76 bits per heavy atom. The molecule has 0 bridgehead atoms. The lowest BCUT2D eigenvalue weighted by Crippen LogP contribution is -2.17. The number of benzene rings is 3. The molecule has 0 aromatic heterocycles. The van der Waals surface area contributed by atoms with Crippen molar-refractivity contribution < 1.29 is 14.6 Å². The summed E-state index contributed by atoms with van der Waals surface area (Å²) >= 11 is 0. The quantitative estimate of drug-likeness (QED) is 0.524. The van der Waals surface area contributed by atoms with E-state index in [4.69, 9.17) is 9.84 Å². The molecule has 0 unspecified atom stereocenters. The molecule has 0 radical (unpaired) electrons. The molecule has 2 N–H and O–H groups in total. The number of ether oxygens (including phenoxy) is 1. The molecule has 0 aliphatic carbocycles. The number of carbonyl (C=O) groups is 1. The second kappa shape index (κ2) is 9.89. The molecule has 0 heterocycles. The minimum atomic E-state index is -0.840. The Balaban J connectivity index is 1.81. The Bertz CT molecular complexity index is 967. The highest BCUT2D eigenvalue weighted by Gasteiger charge is 2.13. The van der Waals surface area contributed by atoms with E-state index < -0.39 is 5.97 Å². The summed E-state index contributed by atoms with van der Waals surface area (Å²) in [5.41, 5.74) is 6.42. The standard InChI is InChI=1S/C25H27NO3/c1-18-8-10-22(23-15-20(16-25(27)28)9-11-24(23)29-2)21(14-18)17-26-13-12-19-6-4-3-5-7-19/h3-11,14-15,26H,12-13,16-17H2,1-2H3,(H,27,28). The number of methoxy groups -OCH3 is 1. The van der Waals surface area contributed by atoms with Crippen LogP contribution in [0, 0.1) is 6.92 Å². The summed E-state index contributed by atoms with van der Waals surface area (Å²) in [7, 11) is 1.64. The lowest BCUT2D eigenvalue weighted by atomic mass is 9.95. The molecule has 0 atom stereocenters. The van der Waals surface area contributed by atoms with Crippen molar-refractivity contribution in [1.82, 2.24) is 5.32 Å². The van der Waals surface area contributed by atoms with E-state index in [0.717, 1.165) is 42.0 Å². The molecule has 0 aliphatic rings. The van der Waals surface area contributed by atoms with E-state index in [2.05, 4.69) is 54.7 Å². The van der Waals surface area contributed by atoms with Gasteiger partial charge in [-0.3, -0.25) is 4.79 Å². The van der Waals surface area contributed by atoms with Gasteiger partial charge in [-0.05, 0) is 54.3 Å². The summed E-state index contributed by atoms with van der Waals surface area (Å²) in [4.78, 5) is 11.1. The molecule has 3 aromatic carbocycles.